The molecule has 1 aromatic carbocycles. The summed E-state index contributed by atoms with van der Waals surface area (Å²) in [5, 5.41) is 21.3. The lowest BCUT2D eigenvalue weighted by atomic mass is 9.72. The highest BCUT2D eigenvalue weighted by atomic mass is 16.3. The van der Waals surface area contributed by atoms with Gasteiger partial charge in [0.15, 0.2) is 0 Å². The van der Waals surface area contributed by atoms with Crippen LogP contribution in [0.1, 0.15) is 85.6 Å². The van der Waals surface area contributed by atoms with E-state index in [4.69, 9.17) is 0 Å². The van der Waals surface area contributed by atoms with E-state index in [1.807, 2.05) is 72.0 Å². The number of aliphatic hydroxyl groups is 1. The van der Waals surface area contributed by atoms with Gasteiger partial charge >= 0.3 is 6.03 Å². The number of carbonyl (C=O) groups is 4. The minimum Gasteiger partial charge on any atom is -0.390 e. The van der Waals surface area contributed by atoms with E-state index in [2.05, 4.69) is 25.8 Å². The normalized spacial score (nSPS) is 24.2. The SMILES string of the molecule is CC(=O)CC(C)(C)[C@H](NC(=O)N1CCN(C)CC1)C(=O)N[C@@H](Cc1ccccc1)[C@H](O)CN1CC2CCCC[C@H]2C[C@H]1C(=O)NC(C)(C)C. The number of nitrogens with one attached hydrogen (secondary N) is 3. The molecule has 2 heterocycles. The second kappa shape index (κ2) is 16.8. The molecule has 4 N–H and O–H groups in total. The number of ketones is 1. The van der Waals surface area contributed by atoms with Gasteiger partial charge in [0.25, 0.3) is 0 Å². The van der Waals surface area contributed by atoms with Crippen molar-refractivity contribution < 1.29 is 24.3 Å². The molecule has 1 aliphatic carbocycles. The number of urea groups is 1. The number of benzene rings is 1. The molecule has 0 spiro atoms. The first-order chi connectivity index (χ1) is 23.0. The van der Waals surface area contributed by atoms with E-state index in [9.17, 15) is 24.3 Å². The molecule has 6 atom stereocenters. The van der Waals surface area contributed by atoms with Crippen LogP contribution in [-0.4, -0.2) is 120 Å². The van der Waals surface area contributed by atoms with E-state index in [0.717, 1.165) is 44.5 Å². The third kappa shape index (κ3) is 11.2. The van der Waals surface area contributed by atoms with E-state index in [-0.39, 0.29) is 42.3 Å². The number of β-amino-alcohol motifs (C(OH)–C–C–N with tert-alkyl or cyclic N) is 1. The van der Waals surface area contributed by atoms with Gasteiger partial charge in [-0.1, -0.05) is 63.4 Å². The Morgan fingerprint density at radius 3 is 2.16 bits per heavy atom. The van der Waals surface area contributed by atoms with Crippen molar-refractivity contribution in [2.45, 2.75) is 116 Å². The number of hydrogen-bond donors (Lipinski definition) is 4. The van der Waals surface area contributed by atoms with Crippen LogP contribution in [0.3, 0.4) is 0 Å². The van der Waals surface area contributed by atoms with Crippen molar-refractivity contribution in [1.82, 2.24) is 30.7 Å². The number of aliphatic hydroxyl groups excluding tert-OH is 1. The van der Waals surface area contributed by atoms with Crippen LogP contribution in [0.25, 0.3) is 0 Å². The largest absolute Gasteiger partial charge is 0.390 e. The predicted molar refractivity (Wildman–Crippen MR) is 192 cm³/mol. The molecule has 2 saturated heterocycles. The van der Waals surface area contributed by atoms with Gasteiger partial charge in [0.1, 0.15) is 11.8 Å². The van der Waals surface area contributed by atoms with E-state index >= 15 is 0 Å². The standard InChI is InChI=1S/C38H62N6O5/c1-26(45)23-38(5,6)33(40-36(49)43-19-17-42(7)18-20-43)35(48)39-30(21-27-13-9-8-10-14-27)32(46)25-44-24-29-16-12-11-15-28(29)22-31(44)34(47)41-37(2,3)4/h8-10,13-14,28-33,46H,11-12,15-25H2,1-7H3,(H,39,48)(H,40,49)(H,41,47)/t28-,29?,30-,31-,32+,33+/m0/s1. The topological polar surface area (TPSA) is 134 Å². The number of piperidine rings is 1. The van der Waals surface area contributed by atoms with Crippen molar-refractivity contribution in [1.29, 1.82) is 0 Å². The lowest BCUT2D eigenvalue weighted by Crippen LogP contribution is -2.63. The number of likely N-dealkylation sites (tertiary alicyclic amines) is 1. The minimum atomic E-state index is -1.02. The average Bonchev–Trinajstić information content (AvgIpc) is 3.02. The zero-order valence-electron chi connectivity index (χ0n) is 31.0. The highest BCUT2D eigenvalue weighted by Crippen LogP contribution is 2.39. The molecule has 2 aliphatic heterocycles. The highest BCUT2D eigenvalue weighted by Gasteiger charge is 2.43. The fraction of sp³-hybridized carbons (Fsp3) is 0.737. The molecule has 1 saturated carbocycles. The molecule has 49 heavy (non-hydrogen) atoms. The van der Waals surface area contributed by atoms with Crippen LogP contribution in [-0.2, 0) is 20.8 Å². The molecule has 11 heteroatoms. The monoisotopic (exact) mass is 682 g/mol. The van der Waals surface area contributed by atoms with E-state index in [0.29, 0.717) is 31.3 Å². The molecule has 1 aromatic rings. The number of rotatable bonds is 12. The molecule has 0 aromatic heterocycles. The van der Waals surface area contributed by atoms with Crippen molar-refractivity contribution in [2.75, 3.05) is 46.3 Å². The maximum absolute atomic E-state index is 14.3. The molecule has 4 rings (SSSR count). The maximum Gasteiger partial charge on any atom is 0.318 e. The summed E-state index contributed by atoms with van der Waals surface area (Å²) in [7, 11) is 2.01. The van der Waals surface area contributed by atoms with Crippen molar-refractivity contribution in [3.8, 4) is 0 Å². The Morgan fingerprint density at radius 1 is 0.918 bits per heavy atom. The van der Waals surface area contributed by atoms with Crippen molar-refractivity contribution in [3.05, 3.63) is 35.9 Å². The Balaban J connectivity index is 1.58. The summed E-state index contributed by atoms with van der Waals surface area (Å²) >= 11 is 0. The number of piperazine rings is 1. The first-order valence-electron chi connectivity index (χ1n) is 18.3. The highest BCUT2D eigenvalue weighted by molar-refractivity contribution is 5.89. The second-order valence-corrected chi connectivity index (χ2v) is 16.7. The molecule has 1 unspecified atom stereocenters. The Labute approximate surface area is 293 Å². The van der Waals surface area contributed by atoms with Crippen LogP contribution < -0.4 is 16.0 Å². The number of nitrogens with zero attached hydrogens (tertiary/aromatic N) is 3. The summed E-state index contributed by atoms with van der Waals surface area (Å²) in [6, 6.07) is 7.27. The number of likely N-dealkylation sites (N-methyl/N-ethyl adjacent to an activating group) is 1. The van der Waals surface area contributed by atoms with Gasteiger partial charge in [-0.2, -0.15) is 0 Å². The van der Waals surface area contributed by atoms with Crippen LogP contribution in [0.4, 0.5) is 4.79 Å². The summed E-state index contributed by atoms with van der Waals surface area (Å²) in [4.78, 5) is 59.8. The molecule has 11 nitrogen and oxygen atoms in total. The lowest BCUT2D eigenvalue weighted by Gasteiger charge is -2.47. The van der Waals surface area contributed by atoms with Gasteiger partial charge in [-0.05, 0) is 71.4 Å². The fourth-order valence-electron chi connectivity index (χ4n) is 8.00. The van der Waals surface area contributed by atoms with Crippen LogP contribution in [0.2, 0.25) is 0 Å². The first kappa shape index (κ1) is 38.8. The van der Waals surface area contributed by atoms with Gasteiger partial charge in [0, 0.05) is 56.6 Å². The molecular weight excluding hydrogens is 620 g/mol. The summed E-state index contributed by atoms with van der Waals surface area (Å²) in [6.07, 6.45) is 4.84. The molecule has 4 amide bonds. The average molecular weight is 683 g/mol. The predicted octanol–water partition coefficient (Wildman–Crippen LogP) is 3.20. The Bertz CT molecular complexity index is 1270. The van der Waals surface area contributed by atoms with Crippen molar-refractivity contribution in [2.24, 2.45) is 17.3 Å². The van der Waals surface area contributed by atoms with Crippen LogP contribution in [0.5, 0.6) is 0 Å². The second-order valence-electron chi connectivity index (χ2n) is 16.7. The van der Waals surface area contributed by atoms with Gasteiger partial charge in [-0.15, -0.1) is 0 Å². The first-order valence-corrected chi connectivity index (χ1v) is 18.3. The number of fused-ring (bicyclic) bond motifs is 1. The van der Waals surface area contributed by atoms with Crippen LogP contribution in [0.15, 0.2) is 30.3 Å². The summed E-state index contributed by atoms with van der Waals surface area (Å²) in [6.45, 7) is 14.6. The third-order valence-corrected chi connectivity index (χ3v) is 10.6. The molecule has 0 radical (unpaired) electrons. The van der Waals surface area contributed by atoms with E-state index in [1.165, 1.54) is 19.8 Å². The zero-order valence-corrected chi connectivity index (χ0v) is 31.0. The summed E-state index contributed by atoms with van der Waals surface area (Å²) in [5.41, 5.74) is -0.328. The van der Waals surface area contributed by atoms with Crippen molar-refractivity contribution >= 4 is 23.6 Å². The molecule has 274 valence electrons. The van der Waals surface area contributed by atoms with Gasteiger partial charge < -0.3 is 35.7 Å². The van der Waals surface area contributed by atoms with Crippen LogP contribution in [0, 0.1) is 17.3 Å². The molecule has 0 bridgehead atoms. The lowest BCUT2D eigenvalue weighted by molar-refractivity contribution is -0.134. The Morgan fingerprint density at radius 2 is 1.55 bits per heavy atom. The quantitative estimate of drug-likeness (QED) is 0.266. The Kier molecular flexibility index (Phi) is 13.3. The number of carbonyl (C=O) groups excluding carboxylic acids is 4. The number of amides is 4. The minimum absolute atomic E-state index is 0.0231. The van der Waals surface area contributed by atoms with Gasteiger partial charge in [0.2, 0.25) is 11.8 Å². The van der Waals surface area contributed by atoms with Gasteiger partial charge in [-0.3, -0.25) is 14.5 Å². The fourth-order valence-corrected chi connectivity index (χ4v) is 8.00. The zero-order chi connectivity index (χ0) is 35.9. The maximum atomic E-state index is 14.3. The molecule has 3 aliphatic rings. The van der Waals surface area contributed by atoms with E-state index in [1.54, 1.807) is 4.90 Å². The summed E-state index contributed by atoms with van der Waals surface area (Å²) in [5.74, 6) is 0.421. The molecule has 3 fully saturated rings. The third-order valence-electron chi connectivity index (χ3n) is 10.6. The van der Waals surface area contributed by atoms with Crippen molar-refractivity contribution in [3.63, 3.8) is 0 Å². The van der Waals surface area contributed by atoms with E-state index < -0.39 is 29.5 Å². The van der Waals surface area contributed by atoms with Gasteiger partial charge in [0.05, 0.1) is 18.2 Å². The number of Topliss-reactive ketones (excluding diaryl/α,β-unsaturated/α-hetero) is 1. The summed E-state index contributed by atoms with van der Waals surface area (Å²) < 4.78 is 0. The smallest absolute Gasteiger partial charge is 0.318 e. The van der Waals surface area contributed by atoms with Gasteiger partial charge in [-0.25, -0.2) is 4.79 Å². The Hall–Kier alpha value is -3.02. The van der Waals surface area contributed by atoms with Crippen LogP contribution >= 0.6 is 0 Å². The number of hydrogen-bond acceptors (Lipinski definition) is 7. The molecular formula is C38H62N6O5.